The number of benzene rings is 2. The van der Waals surface area contributed by atoms with Crippen molar-refractivity contribution in [2.24, 2.45) is 0 Å². The molecule has 174 valence electrons. The number of anilines is 1. The van der Waals surface area contributed by atoms with Gasteiger partial charge in [0.05, 0.1) is 0 Å². The Kier molecular flexibility index (Phi) is 8.01. The number of nitrogens with one attached hydrogen (secondary N) is 1. The zero-order valence-corrected chi connectivity index (χ0v) is 21.3. The van der Waals surface area contributed by atoms with Crippen LogP contribution in [0.25, 0.3) is 0 Å². The van der Waals surface area contributed by atoms with Gasteiger partial charge in [0.1, 0.15) is 0 Å². The molecule has 0 atom stereocenters. The molecule has 2 aromatic rings. The number of esters is 1. The number of ether oxygens (including phenoxy) is 1. The van der Waals surface area contributed by atoms with E-state index in [0.717, 1.165) is 54.0 Å². The van der Waals surface area contributed by atoms with Gasteiger partial charge in [0.25, 0.3) is 0 Å². The van der Waals surface area contributed by atoms with E-state index in [-0.39, 0.29) is 18.5 Å². The summed E-state index contributed by atoms with van der Waals surface area (Å²) in [7, 11) is -2.29. The Morgan fingerprint density at radius 3 is 2.16 bits per heavy atom. The second kappa shape index (κ2) is 10.4. The third-order valence-electron chi connectivity index (χ3n) is 7.47. The summed E-state index contributed by atoms with van der Waals surface area (Å²) in [6.07, 6.45) is 4.89. The third kappa shape index (κ3) is 4.87. The molecule has 0 saturated heterocycles. The molecule has 32 heavy (non-hydrogen) atoms. The topological polar surface area (TPSA) is 55.4 Å². The van der Waals surface area contributed by atoms with Crippen molar-refractivity contribution in [3.05, 3.63) is 64.2 Å². The number of hydrogen-bond donors (Lipinski definition) is 1. The van der Waals surface area contributed by atoms with Crippen LogP contribution in [0.2, 0.25) is 5.02 Å². The van der Waals surface area contributed by atoms with Crippen molar-refractivity contribution in [2.75, 3.05) is 23.8 Å². The Bertz CT molecular complexity index is 945. The first-order valence-corrected chi connectivity index (χ1v) is 14.5. The van der Waals surface area contributed by atoms with Crippen LogP contribution in [0.5, 0.6) is 0 Å². The predicted molar refractivity (Wildman–Crippen MR) is 137 cm³/mol. The van der Waals surface area contributed by atoms with Crippen molar-refractivity contribution in [3.63, 3.8) is 0 Å². The van der Waals surface area contributed by atoms with Crippen LogP contribution < -0.4 is 5.32 Å². The number of halogens is 1. The molecule has 4 nitrogen and oxygen atoms in total. The van der Waals surface area contributed by atoms with Gasteiger partial charge in [-0.15, -0.1) is 0 Å². The van der Waals surface area contributed by atoms with Crippen molar-refractivity contribution >= 4 is 36.4 Å². The SMILES string of the molecule is CC[PH](CC)(CC(=O)OCc1ccccc1)C1(C(=O)Nc2c(C)cc(Cl)cc2C)CCC1. The molecule has 1 N–H and O–H groups in total. The average molecular weight is 476 g/mol. The first kappa shape index (κ1) is 24.7. The maximum atomic E-state index is 13.8. The van der Waals surface area contributed by atoms with E-state index in [0.29, 0.717) is 11.2 Å². The number of carbonyl (C=O) groups excluding carboxylic acids is 2. The van der Waals surface area contributed by atoms with Crippen LogP contribution in [0.1, 0.15) is 49.8 Å². The Morgan fingerprint density at radius 1 is 1.06 bits per heavy atom. The van der Waals surface area contributed by atoms with E-state index in [9.17, 15) is 9.59 Å². The van der Waals surface area contributed by atoms with E-state index in [2.05, 4.69) is 19.2 Å². The first-order valence-electron chi connectivity index (χ1n) is 11.5. The molecule has 0 aromatic heterocycles. The van der Waals surface area contributed by atoms with Gasteiger partial charge in [0.2, 0.25) is 0 Å². The summed E-state index contributed by atoms with van der Waals surface area (Å²) in [5.41, 5.74) is 3.74. The molecule has 1 amide bonds. The normalized spacial score (nSPS) is 15.5. The summed E-state index contributed by atoms with van der Waals surface area (Å²) in [6.45, 7) is 8.50. The molecule has 2 aromatic carbocycles. The Labute approximate surface area is 197 Å². The standard InChI is InChI=1S/C26H35ClNO3P/c1-5-32(6-2,18-23(29)31-17-21-11-8-7-9-12-21)26(13-10-14-26)25(30)28-24-19(3)15-22(27)16-20(24)4/h7-9,11-12,15-16,32H,5-6,10,13-14,17-18H2,1-4H3,(H,28,30). The summed E-state index contributed by atoms with van der Waals surface area (Å²) in [5.74, 6) is -0.106. The first-order chi connectivity index (χ1) is 15.3. The second-order valence-corrected chi connectivity index (χ2v) is 14.8. The monoisotopic (exact) mass is 475 g/mol. The van der Waals surface area contributed by atoms with Crippen molar-refractivity contribution in [2.45, 2.75) is 58.7 Å². The molecule has 0 spiro atoms. The summed E-state index contributed by atoms with van der Waals surface area (Å²) in [6, 6.07) is 13.5. The zero-order chi connectivity index (χ0) is 23.4. The summed E-state index contributed by atoms with van der Waals surface area (Å²) >= 11 is 6.18. The molecule has 1 fully saturated rings. The quantitative estimate of drug-likeness (QED) is 0.339. The number of hydrogen-bond acceptors (Lipinski definition) is 3. The maximum absolute atomic E-state index is 13.8. The third-order valence-corrected chi connectivity index (χ3v) is 14.1. The van der Waals surface area contributed by atoms with Gasteiger partial charge >= 0.3 is 197 Å². The minimum atomic E-state index is -2.29. The number of aryl methyl sites for hydroxylation is 2. The molecular weight excluding hydrogens is 441 g/mol. The van der Waals surface area contributed by atoms with Gasteiger partial charge in [0, 0.05) is 0 Å². The Hall–Kier alpha value is -1.90. The zero-order valence-electron chi connectivity index (χ0n) is 19.6. The van der Waals surface area contributed by atoms with Crippen molar-refractivity contribution in [1.29, 1.82) is 0 Å². The van der Waals surface area contributed by atoms with Crippen LogP contribution in [0.15, 0.2) is 42.5 Å². The molecule has 1 aliphatic rings. The van der Waals surface area contributed by atoms with Gasteiger partial charge in [-0.2, -0.15) is 0 Å². The molecule has 1 aliphatic carbocycles. The summed E-state index contributed by atoms with van der Waals surface area (Å²) in [4.78, 5) is 26.7. The molecule has 0 heterocycles. The van der Waals surface area contributed by atoms with E-state index in [4.69, 9.17) is 16.3 Å². The Morgan fingerprint density at radius 2 is 1.66 bits per heavy atom. The Balaban J connectivity index is 1.80. The van der Waals surface area contributed by atoms with Gasteiger partial charge in [-0.25, -0.2) is 0 Å². The molecule has 0 aliphatic heterocycles. The van der Waals surface area contributed by atoms with Crippen LogP contribution in [0, 0.1) is 13.8 Å². The molecule has 0 unspecified atom stereocenters. The predicted octanol–water partition coefficient (Wildman–Crippen LogP) is 6.35. The summed E-state index contributed by atoms with van der Waals surface area (Å²) < 4.78 is 5.65. The summed E-state index contributed by atoms with van der Waals surface area (Å²) in [5, 5.41) is 3.48. The number of amides is 1. The fraction of sp³-hybridized carbons (Fsp3) is 0.462. The van der Waals surface area contributed by atoms with E-state index >= 15 is 0 Å². The van der Waals surface area contributed by atoms with Crippen LogP contribution in [0.4, 0.5) is 5.69 Å². The van der Waals surface area contributed by atoms with E-state index in [1.54, 1.807) is 0 Å². The number of carbonyl (C=O) groups is 2. The van der Waals surface area contributed by atoms with Crippen LogP contribution in [-0.4, -0.2) is 35.5 Å². The van der Waals surface area contributed by atoms with Gasteiger partial charge in [0.15, 0.2) is 0 Å². The van der Waals surface area contributed by atoms with Crippen LogP contribution in [0.3, 0.4) is 0 Å². The average Bonchev–Trinajstić information content (AvgIpc) is 2.74. The van der Waals surface area contributed by atoms with E-state index in [1.807, 2.05) is 56.3 Å². The van der Waals surface area contributed by atoms with Gasteiger partial charge in [-0.3, -0.25) is 0 Å². The van der Waals surface area contributed by atoms with Gasteiger partial charge in [-0.05, 0) is 0 Å². The molecule has 3 rings (SSSR count). The van der Waals surface area contributed by atoms with Crippen LogP contribution in [-0.2, 0) is 20.9 Å². The number of rotatable bonds is 9. The fourth-order valence-corrected chi connectivity index (χ4v) is 10.9. The van der Waals surface area contributed by atoms with Crippen molar-refractivity contribution in [3.8, 4) is 0 Å². The van der Waals surface area contributed by atoms with E-state index in [1.165, 1.54) is 0 Å². The van der Waals surface area contributed by atoms with Gasteiger partial charge in [-0.1, -0.05) is 0 Å². The van der Waals surface area contributed by atoms with Gasteiger partial charge < -0.3 is 0 Å². The van der Waals surface area contributed by atoms with Crippen LogP contribution >= 0.6 is 18.9 Å². The molecule has 0 bridgehead atoms. The van der Waals surface area contributed by atoms with E-state index < -0.39 is 12.4 Å². The minimum absolute atomic E-state index is 0.0727. The van der Waals surface area contributed by atoms with Crippen molar-refractivity contribution < 1.29 is 14.3 Å². The molecule has 6 heteroatoms. The van der Waals surface area contributed by atoms with Crippen molar-refractivity contribution in [1.82, 2.24) is 0 Å². The molecular formula is C26H35ClNO3P. The molecule has 0 radical (unpaired) electrons. The second-order valence-electron chi connectivity index (χ2n) is 9.11. The molecule has 1 saturated carbocycles. The fourth-order valence-electron chi connectivity index (χ4n) is 5.28.